The van der Waals surface area contributed by atoms with Crippen LogP contribution in [-0.4, -0.2) is 26.8 Å². The third-order valence-electron chi connectivity index (χ3n) is 2.85. The first-order chi connectivity index (χ1) is 8.61. The van der Waals surface area contributed by atoms with Gasteiger partial charge in [0, 0.05) is 38.0 Å². The lowest BCUT2D eigenvalue weighted by atomic mass is 10.2. The minimum absolute atomic E-state index is 0.556. The predicted molar refractivity (Wildman–Crippen MR) is 71.1 cm³/mol. The van der Waals surface area contributed by atoms with Gasteiger partial charge in [0.25, 0.3) is 0 Å². The highest BCUT2D eigenvalue weighted by atomic mass is 15.2. The number of anilines is 2. The van der Waals surface area contributed by atoms with E-state index >= 15 is 0 Å². The van der Waals surface area contributed by atoms with Crippen molar-refractivity contribution < 1.29 is 0 Å². The quantitative estimate of drug-likeness (QED) is 0.871. The van der Waals surface area contributed by atoms with E-state index in [0.29, 0.717) is 5.82 Å². The number of aryl methyl sites for hydroxylation is 1. The molecule has 0 saturated carbocycles. The minimum Gasteiger partial charge on any atom is -0.383 e. The third-order valence-corrected chi connectivity index (χ3v) is 2.85. The maximum atomic E-state index is 5.87. The molecule has 0 spiro atoms. The Morgan fingerprint density at radius 3 is 2.78 bits per heavy atom. The lowest BCUT2D eigenvalue weighted by Crippen LogP contribution is -2.20. The maximum Gasteiger partial charge on any atom is 0.137 e. The molecule has 0 aliphatic heterocycles. The SMILES string of the molecule is CCc1c(N)ncnc1N(C)Cc1cnn(C)c1. The van der Waals surface area contributed by atoms with Crippen LogP contribution in [0.15, 0.2) is 18.7 Å². The Morgan fingerprint density at radius 2 is 2.17 bits per heavy atom. The van der Waals surface area contributed by atoms with Crippen molar-refractivity contribution in [2.75, 3.05) is 17.7 Å². The molecule has 0 atom stereocenters. The second-order valence-electron chi connectivity index (χ2n) is 4.29. The molecule has 0 unspecified atom stereocenters. The number of nitrogens with two attached hydrogens (primary N) is 1. The van der Waals surface area contributed by atoms with Crippen LogP contribution in [0.25, 0.3) is 0 Å². The van der Waals surface area contributed by atoms with E-state index in [-0.39, 0.29) is 0 Å². The highest BCUT2D eigenvalue weighted by Crippen LogP contribution is 2.22. The largest absolute Gasteiger partial charge is 0.383 e. The van der Waals surface area contributed by atoms with Gasteiger partial charge in [-0.2, -0.15) is 5.10 Å². The number of rotatable bonds is 4. The molecule has 0 saturated heterocycles. The van der Waals surface area contributed by atoms with Gasteiger partial charge < -0.3 is 10.6 Å². The van der Waals surface area contributed by atoms with Crippen LogP contribution in [0.1, 0.15) is 18.1 Å². The average molecular weight is 246 g/mol. The topological polar surface area (TPSA) is 72.9 Å². The molecule has 6 heteroatoms. The van der Waals surface area contributed by atoms with Crippen LogP contribution in [0.3, 0.4) is 0 Å². The summed E-state index contributed by atoms with van der Waals surface area (Å²) in [4.78, 5) is 10.4. The molecule has 6 nitrogen and oxygen atoms in total. The first-order valence-electron chi connectivity index (χ1n) is 5.89. The molecule has 0 amide bonds. The zero-order valence-corrected chi connectivity index (χ0v) is 11.0. The monoisotopic (exact) mass is 246 g/mol. The Balaban J connectivity index is 2.23. The molecule has 2 rings (SSSR count). The van der Waals surface area contributed by atoms with Gasteiger partial charge >= 0.3 is 0 Å². The fourth-order valence-electron chi connectivity index (χ4n) is 1.99. The minimum atomic E-state index is 0.556. The van der Waals surface area contributed by atoms with Gasteiger partial charge in [-0.05, 0) is 6.42 Å². The van der Waals surface area contributed by atoms with Crippen molar-refractivity contribution in [3.8, 4) is 0 Å². The zero-order valence-electron chi connectivity index (χ0n) is 11.0. The van der Waals surface area contributed by atoms with Gasteiger partial charge in [-0.1, -0.05) is 6.92 Å². The molecule has 2 aromatic rings. The van der Waals surface area contributed by atoms with Gasteiger partial charge in [0.2, 0.25) is 0 Å². The van der Waals surface area contributed by atoms with Crippen LogP contribution in [0, 0.1) is 0 Å². The normalized spacial score (nSPS) is 10.6. The van der Waals surface area contributed by atoms with Crippen molar-refractivity contribution in [1.29, 1.82) is 0 Å². The first kappa shape index (κ1) is 12.3. The van der Waals surface area contributed by atoms with E-state index in [0.717, 1.165) is 29.9 Å². The maximum absolute atomic E-state index is 5.87. The Bertz CT molecular complexity index is 533. The molecule has 0 radical (unpaired) electrons. The van der Waals surface area contributed by atoms with Crippen LogP contribution < -0.4 is 10.6 Å². The molecule has 0 aliphatic rings. The van der Waals surface area contributed by atoms with Crippen molar-refractivity contribution in [3.63, 3.8) is 0 Å². The van der Waals surface area contributed by atoms with Crippen molar-refractivity contribution >= 4 is 11.6 Å². The zero-order chi connectivity index (χ0) is 13.1. The van der Waals surface area contributed by atoms with Crippen molar-refractivity contribution in [1.82, 2.24) is 19.7 Å². The lowest BCUT2D eigenvalue weighted by molar-refractivity contribution is 0.766. The summed E-state index contributed by atoms with van der Waals surface area (Å²) in [6, 6.07) is 0. The van der Waals surface area contributed by atoms with Crippen molar-refractivity contribution in [3.05, 3.63) is 29.8 Å². The van der Waals surface area contributed by atoms with Gasteiger partial charge in [-0.15, -0.1) is 0 Å². The number of nitrogens with zero attached hydrogens (tertiary/aromatic N) is 5. The molecule has 0 aromatic carbocycles. The van der Waals surface area contributed by atoms with E-state index in [1.54, 1.807) is 4.68 Å². The van der Waals surface area contributed by atoms with E-state index in [9.17, 15) is 0 Å². The smallest absolute Gasteiger partial charge is 0.137 e. The Kier molecular flexibility index (Phi) is 3.45. The van der Waals surface area contributed by atoms with Crippen LogP contribution in [0.5, 0.6) is 0 Å². The van der Waals surface area contributed by atoms with Crippen molar-refractivity contribution in [2.24, 2.45) is 7.05 Å². The number of aromatic nitrogens is 4. The van der Waals surface area contributed by atoms with Gasteiger partial charge in [-0.25, -0.2) is 9.97 Å². The molecule has 0 bridgehead atoms. The van der Waals surface area contributed by atoms with E-state index in [1.165, 1.54) is 6.33 Å². The molecule has 2 N–H and O–H groups in total. The summed E-state index contributed by atoms with van der Waals surface area (Å²) >= 11 is 0. The molecule has 0 fully saturated rings. The lowest BCUT2D eigenvalue weighted by Gasteiger charge is -2.20. The summed E-state index contributed by atoms with van der Waals surface area (Å²) in [5, 5.41) is 4.16. The molecule has 2 heterocycles. The second kappa shape index (κ2) is 5.03. The number of hydrogen-bond acceptors (Lipinski definition) is 5. The fraction of sp³-hybridized carbons (Fsp3) is 0.417. The Morgan fingerprint density at radius 1 is 1.39 bits per heavy atom. The molecular weight excluding hydrogens is 228 g/mol. The Hall–Kier alpha value is -2.11. The number of hydrogen-bond donors (Lipinski definition) is 1. The summed E-state index contributed by atoms with van der Waals surface area (Å²) in [6.07, 6.45) is 6.17. The second-order valence-corrected chi connectivity index (χ2v) is 4.29. The molecule has 2 aromatic heterocycles. The van der Waals surface area contributed by atoms with Gasteiger partial charge in [0.1, 0.15) is 18.0 Å². The Labute approximate surface area is 106 Å². The molecule has 0 aliphatic carbocycles. The van der Waals surface area contributed by atoms with E-state index in [4.69, 9.17) is 5.73 Å². The van der Waals surface area contributed by atoms with E-state index in [1.807, 2.05) is 26.5 Å². The molecule has 96 valence electrons. The van der Waals surface area contributed by atoms with Crippen LogP contribution in [-0.2, 0) is 20.0 Å². The average Bonchev–Trinajstić information content (AvgIpc) is 2.74. The predicted octanol–water partition coefficient (Wildman–Crippen LogP) is 0.991. The summed E-state index contributed by atoms with van der Waals surface area (Å²) < 4.78 is 1.79. The van der Waals surface area contributed by atoms with Gasteiger partial charge in [-0.3, -0.25) is 4.68 Å². The summed E-state index contributed by atoms with van der Waals surface area (Å²) in [5.74, 6) is 1.44. The highest BCUT2D eigenvalue weighted by molar-refractivity contribution is 5.56. The van der Waals surface area contributed by atoms with E-state index in [2.05, 4.69) is 26.9 Å². The molecular formula is C12H18N6. The van der Waals surface area contributed by atoms with Crippen LogP contribution >= 0.6 is 0 Å². The van der Waals surface area contributed by atoms with Gasteiger partial charge in [0.05, 0.1) is 6.20 Å². The van der Waals surface area contributed by atoms with Crippen LogP contribution in [0.2, 0.25) is 0 Å². The fourth-order valence-corrected chi connectivity index (χ4v) is 1.99. The van der Waals surface area contributed by atoms with Crippen LogP contribution in [0.4, 0.5) is 11.6 Å². The van der Waals surface area contributed by atoms with Crippen molar-refractivity contribution in [2.45, 2.75) is 19.9 Å². The number of nitrogen functional groups attached to an aromatic ring is 1. The van der Waals surface area contributed by atoms with Gasteiger partial charge in [0.15, 0.2) is 0 Å². The summed E-state index contributed by atoms with van der Waals surface area (Å²) in [6.45, 7) is 2.80. The van der Waals surface area contributed by atoms with E-state index < -0.39 is 0 Å². The first-order valence-corrected chi connectivity index (χ1v) is 5.89. The molecule has 18 heavy (non-hydrogen) atoms. The standard InChI is InChI=1S/C12H18N6/c1-4-10-11(13)14-8-15-12(10)17(2)6-9-5-16-18(3)7-9/h5,7-8H,4,6H2,1-3H3,(H2,13,14,15). The highest BCUT2D eigenvalue weighted by Gasteiger charge is 2.12. The summed E-state index contributed by atoms with van der Waals surface area (Å²) in [7, 11) is 3.90. The summed E-state index contributed by atoms with van der Waals surface area (Å²) in [5.41, 5.74) is 8.00. The third kappa shape index (κ3) is 2.42.